The summed E-state index contributed by atoms with van der Waals surface area (Å²) in [4.78, 5) is 2.84. The largest absolute Gasteiger partial charge is 0.486 e. The van der Waals surface area contributed by atoms with E-state index in [0.29, 0.717) is 12.0 Å². The second-order valence-corrected chi connectivity index (χ2v) is 13.1. The SMILES string of the molecule is CO[C@]12C=C[C@@]3(CC1C(C)(O)CCC(C)C)[C@H]1Cc4cccc5c4[C@@]3(CCN1CC1CC1)C2O5. The van der Waals surface area contributed by atoms with Gasteiger partial charge in [0.25, 0.3) is 0 Å². The van der Waals surface area contributed by atoms with Gasteiger partial charge in [-0.1, -0.05) is 38.1 Å². The maximum atomic E-state index is 12.1. The van der Waals surface area contributed by atoms with Crippen LogP contribution in [-0.2, 0) is 16.6 Å². The van der Waals surface area contributed by atoms with E-state index in [9.17, 15) is 5.11 Å². The standard InChI is InChI=1S/C30H41NO3/c1-19(2)10-11-27(3,32)23-17-28-12-13-30(23,33-4)26-29(28)14-15-31(18-20-8-9-20)24(28)16-21-6-5-7-22(34-26)25(21)29/h5-7,12-13,19-20,23-24,26,32H,8-11,14-18H2,1-4H3/t23?,24-,26?,27?,28-,29+,30-/m1/s1. The zero-order valence-corrected chi connectivity index (χ0v) is 21.3. The van der Waals surface area contributed by atoms with Crippen LogP contribution in [0.25, 0.3) is 0 Å². The molecular weight excluding hydrogens is 422 g/mol. The lowest BCUT2D eigenvalue weighted by atomic mass is 9.36. The molecule has 0 aromatic heterocycles. The minimum Gasteiger partial charge on any atom is -0.486 e. The molecule has 3 fully saturated rings. The molecule has 0 amide bonds. The van der Waals surface area contributed by atoms with Gasteiger partial charge in [-0.2, -0.15) is 0 Å². The van der Waals surface area contributed by atoms with Gasteiger partial charge in [-0.15, -0.1) is 0 Å². The van der Waals surface area contributed by atoms with Gasteiger partial charge in [-0.3, -0.25) is 4.90 Å². The number of piperidine rings is 1. The van der Waals surface area contributed by atoms with Crippen molar-refractivity contribution < 1.29 is 14.6 Å². The van der Waals surface area contributed by atoms with Gasteiger partial charge in [0.05, 0.1) is 11.0 Å². The summed E-state index contributed by atoms with van der Waals surface area (Å²) >= 11 is 0. The molecule has 2 spiro atoms. The zero-order chi connectivity index (χ0) is 23.5. The molecule has 0 radical (unpaired) electrons. The van der Waals surface area contributed by atoms with Crippen molar-refractivity contribution in [2.75, 3.05) is 20.2 Å². The van der Waals surface area contributed by atoms with Crippen LogP contribution in [0.2, 0.25) is 0 Å². The Morgan fingerprint density at radius 2 is 2.09 bits per heavy atom. The Morgan fingerprint density at radius 1 is 1.26 bits per heavy atom. The third-order valence-electron chi connectivity index (χ3n) is 11.0. The van der Waals surface area contributed by atoms with Gasteiger partial charge >= 0.3 is 0 Å². The molecule has 3 unspecified atom stereocenters. The molecule has 2 saturated carbocycles. The van der Waals surface area contributed by atoms with Gasteiger partial charge in [0.2, 0.25) is 0 Å². The Labute approximate surface area is 204 Å². The predicted octanol–water partition coefficient (Wildman–Crippen LogP) is 4.87. The van der Waals surface area contributed by atoms with E-state index in [0.717, 1.165) is 50.3 Å². The Kier molecular flexibility index (Phi) is 4.44. The van der Waals surface area contributed by atoms with Crippen LogP contribution in [-0.4, -0.2) is 53.6 Å². The molecule has 4 bridgehead atoms. The average molecular weight is 464 g/mol. The van der Waals surface area contributed by atoms with Crippen molar-refractivity contribution in [1.82, 2.24) is 4.90 Å². The number of rotatable bonds is 7. The van der Waals surface area contributed by atoms with Gasteiger partial charge in [-0.05, 0) is 81.9 Å². The van der Waals surface area contributed by atoms with E-state index in [1.54, 1.807) is 0 Å². The third-order valence-corrected chi connectivity index (χ3v) is 11.0. The lowest BCUT2D eigenvalue weighted by Crippen LogP contribution is -2.80. The molecule has 5 aliphatic carbocycles. The number of aliphatic hydroxyl groups is 1. The van der Waals surface area contributed by atoms with E-state index in [-0.39, 0.29) is 22.9 Å². The number of benzene rings is 1. The maximum absolute atomic E-state index is 12.1. The highest BCUT2D eigenvalue weighted by atomic mass is 16.6. The molecule has 8 rings (SSSR count). The minimum atomic E-state index is -0.798. The van der Waals surface area contributed by atoms with Crippen LogP contribution < -0.4 is 4.74 Å². The second kappa shape index (κ2) is 6.89. The first-order valence-electron chi connectivity index (χ1n) is 13.8. The fourth-order valence-corrected chi connectivity index (χ4v) is 9.21. The van der Waals surface area contributed by atoms with E-state index in [1.165, 1.54) is 30.5 Å². The Bertz CT molecular complexity index is 1040. The number of ether oxygens (including phenoxy) is 2. The molecule has 1 saturated heterocycles. The van der Waals surface area contributed by atoms with Crippen LogP contribution in [0.4, 0.5) is 0 Å². The summed E-state index contributed by atoms with van der Waals surface area (Å²) in [5.41, 5.74) is 1.53. The molecule has 4 nitrogen and oxygen atoms in total. The fraction of sp³-hybridized carbons (Fsp3) is 0.733. The molecule has 34 heavy (non-hydrogen) atoms. The summed E-state index contributed by atoms with van der Waals surface area (Å²) in [6.45, 7) is 8.97. The molecule has 4 heteroatoms. The summed E-state index contributed by atoms with van der Waals surface area (Å²) in [7, 11) is 1.85. The van der Waals surface area contributed by atoms with Crippen molar-refractivity contribution in [2.24, 2.45) is 23.2 Å². The van der Waals surface area contributed by atoms with Crippen molar-refractivity contribution >= 4 is 0 Å². The first-order valence-corrected chi connectivity index (χ1v) is 13.8. The van der Waals surface area contributed by atoms with Gasteiger partial charge in [0.1, 0.15) is 17.5 Å². The number of likely N-dealkylation sites (tertiary alicyclic amines) is 1. The molecule has 1 aromatic carbocycles. The molecule has 7 atom stereocenters. The topological polar surface area (TPSA) is 41.9 Å². The number of hydrogen-bond acceptors (Lipinski definition) is 4. The molecule has 184 valence electrons. The normalized spacial score (nSPS) is 43.1. The highest BCUT2D eigenvalue weighted by Crippen LogP contribution is 2.75. The highest BCUT2D eigenvalue weighted by Gasteiger charge is 2.80. The van der Waals surface area contributed by atoms with Crippen LogP contribution in [0.5, 0.6) is 5.75 Å². The molecule has 1 N–H and O–H groups in total. The quantitative estimate of drug-likeness (QED) is 0.586. The summed E-state index contributed by atoms with van der Waals surface area (Å²) in [6.07, 6.45) is 12.7. The number of methoxy groups -OCH3 is 1. The van der Waals surface area contributed by atoms with E-state index in [2.05, 4.69) is 56.0 Å². The van der Waals surface area contributed by atoms with Crippen LogP contribution >= 0.6 is 0 Å². The predicted molar refractivity (Wildman–Crippen MR) is 133 cm³/mol. The lowest BCUT2D eigenvalue weighted by molar-refractivity contribution is -0.249. The summed E-state index contributed by atoms with van der Waals surface area (Å²) < 4.78 is 13.5. The maximum Gasteiger partial charge on any atom is 0.142 e. The van der Waals surface area contributed by atoms with Gasteiger partial charge in [0.15, 0.2) is 0 Å². The molecule has 2 aliphatic heterocycles. The summed E-state index contributed by atoms with van der Waals surface area (Å²) in [5, 5.41) is 12.1. The molecule has 7 aliphatic rings. The highest BCUT2D eigenvalue weighted by molar-refractivity contribution is 5.61. The monoisotopic (exact) mass is 463 g/mol. The van der Waals surface area contributed by atoms with Crippen LogP contribution in [0.1, 0.15) is 70.4 Å². The fourth-order valence-electron chi connectivity index (χ4n) is 9.21. The smallest absolute Gasteiger partial charge is 0.142 e. The van der Waals surface area contributed by atoms with E-state index in [1.807, 2.05) is 7.11 Å². The zero-order valence-electron chi connectivity index (χ0n) is 21.3. The van der Waals surface area contributed by atoms with Gasteiger partial charge < -0.3 is 14.6 Å². The first kappa shape index (κ1) is 21.9. The van der Waals surface area contributed by atoms with Crippen molar-refractivity contribution in [2.45, 2.75) is 94.5 Å². The summed E-state index contributed by atoms with van der Waals surface area (Å²) in [5.74, 6) is 2.55. The minimum absolute atomic E-state index is 0.00280. The van der Waals surface area contributed by atoms with Crippen molar-refractivity contribution in [3.63, 3.8) is 0 Å². The van der Waals surface area contributed by atoms with Crippen LogP contribution in [0.15, 0.2) is 30.4 Å². The lowest BCUT2D eigenvalue weighted by Gasteiger charge is -2.72. The van der Waals surface area contributed by atoms with Crippen molar-refractivity contribution in [3.05, 3.63) is 41.5 Å². The molecule has 1 aromatic rings. The van der Waals surface area contributed by atoms with Gasteiger partial charge in [-0.25, -0.2) is 0 Å². The van der Waals surface area contributed by atoms with Crippen LogP contribution in [0.3, 0.4) is 0 Å². The molecule has 2 heterocycles. The summed E-state index contributed by atoms with van der Waals surface area (Å²) in [6, 6.07) is 7.20. The van der Waals surface area contributed by atoms with E-state index >= 15 is 0 Å². The average Bonchev–Trinajstić information content (AvgIpc) is 3.56. The number of nitrogens with zero attached hydrogens (tertiary/aromatic N) is 1. The van der Waals surface area contributed by atoms with E-state index in [4.69, 9.17) is 9.47 Å². The van der Waals surface area contributed by atoms with Crippen LogP contribution in [0, 0.1) is 23.2 Å². The van der Waals surface area contributed by atoms with E-state index < -0.39 is 11.2 Å². The first-order chi connectivity index (χ1) is 16.3. The van der Waals surface area contributed by atoms with Gasteiger partial charge in [0, 0.05) is 36.6 Å². The number of hydrogen-bond donors (Lipinski definition) is 1. The molecular formula is C30H41NO3. The number of fused-ring (bicyclic) bond motifs is 1. The Morgan fingerprint density at radius 3 is 2.82 bits per heavy atom. The second-order valence-electron chi connectivity index (χ2n) is 13.1. The van der Waals surface area contributed by atoms with Crippen molar-refractivity contribution in [1.29, 1.82) is 0 Å². The van der Waals surface area contributed by atoms with Crippen molar-refractivity contribution in [3.8, 4) is 5.75 Å². The third kappa shape index (κ3) is 2.51. The Balaban J connectivity index is 1.41. The Hall–Kier alpha value is -1.36.